The lowest BCUT2D eigenvalue weighted by molar-refractivity contribution is 0.0467. The highest BCUT2D eigenvalue weighted by molar-refractivity contribution is 5.54. The van der Waals surface area contributed by atoms with Gasteiger partial charge in [0.15, 0.2) is 0 Å². The molecule has 2 rings (SSSR count). The topological polar surface area (TPSA) is 53.4 Å². The molecule has 0 unspecified atom stereocenters. The van der Waals surface area contributed by atoms with Crippen molar-refractivity contribution in [3.63, 3.8) is 0 Å². The predicted molar refractivity (Wildman–Crippen MR) is 44.2 cm³/mol. The molecule has 1 aromatic rings. The van der Waals surface area contributed by atoms with Crippen LogP contribution in [0.15, 0.2) is 24.4 Å². The summed E-state index contributed by atoms with van der Waals surface area (Å²) in [6.07, 6.45) is -0.706. The van der Waals surface area contributed by atoms with Crippen molar-refractivity contribution in [3.05, 3.63) is 35.7 Å². The number of hydrogen-bond acceptors (Lipinski definition) is 3. The zero-order chi connectivity index (χ0) is 10.4. The maximum absolute atomic E-state index is 9.69. The Kier molecular flexibility index (Phi) is 1.22. The molecule has 12 heavy (non-hydrogen) atoms. The van der Waals surface area contributed by atoms with Gasteiger partial charge >= 0.3 is 0 Å². The Morgan fingerprint density at radius 1 is 1.50 bits per heavy atom. The minimum Gasteiger partial charge on any atom is -0.386 e. The van der Waals surface area contributed by atoms with E-state index in [2.05, 4.69) is 4.98 Å². The first-order valence-electron chi connectivity index (χ1n) is 4.55. The van der Waals surface area contributed by atoms with E-state index in [-0.39, 0.29) is 5.56 Å². The lowest BCUT2D eigenvalue weighted by atomic mass is 9.97. The van der Waals surface area contributed by atoms with Gasteiger partial charge in [0.25, 0.3) is 0 Å². The summed E-state index contributed by atoms with van der Waals surface area (Å²) in [6.45, 7) is 0. The van der Waals surface area contributed by atoms with Crippen molar-refractivity contribution < 1.29 is 13.0 Å². The van der Waals surface area contributed by atoms with E-state index in [0.717, 1.165) is 6.08 Å². The number of pyridine rings is 1. The SMILES string of the molecule is [2H][C@]1(O)c2cccnc2C=C[C@@]1([2H])O. The minimum absolute atomic E-state index is 0.139. The molecule has 0 fully saturated rings. The summed E-state index contributed by atoms with van der Waals surface area (Å²) in [5.41, 5.74) is 0.543. The molecule has 1 aliphatic carbocycles. The second-order valence-corrected chi connectivity index (χ2v) is 2.50. The Bertz CT molecular complexity index is 402. The highest BCUT2D eigenvalue weighted by Gasteiger charge is 2.21. The normalized spacial score (nSPS) is 41.5. The Labute approximate surface area is 72.8 Å². The number of rotatable bonds is 0. The van der Waals surface area contributed by atoms with Crippen LogP contribution in [0.25, 0.3) is 6.08 Å². The molecular weight excluding hydrogens is 154 g/mol. The van der Waals surface area contributed by atoms with Crippen molar-refractivity contribution in [2.45, 2.75) is 12.2 Å². The van der Waals surface area contributed by atoms with Gasteiger partial charge in [-0.1, -0.05) is 12.1 Å². The summed E-state index contributed by atoms with van der Waals surface area (Å²) in [5, 5.41) is 19.2. The molecule has 0 aliphatic heterocycles. The zero-order valence-electron chi connectivity index (χ0n) is 8.23. The second-order valence-electron chi connectivity index (χ2n) is 2.50. The first kappa shape index (κ1) is 5.45. The average molecular weight is 165 g/mol. The van der Waals surface area contributed by atoms with Crippen LogP contribution < -0.4 is 0 Å². The van der Waals surface area contributed by atoms with Crippen LogP contribution in [-0.2, 0) is 0 Å². The van der Waals surface area contributed by atoms with Crippen molar-refractivity contribution in [2.24, 2.45) is 0 Å². The van der Waals surface area contributed by atoms with Crippen LogP contribution in [0.5, 0.6) is 0 Å². The van der Waals surface area contributed by atoms with Gasteiger partial charge in [-0.3, -0.25) is 4.98 Å². The van der Waals surface area contributed by atoms with Crippen molar-refractivity contribution in [3.8, 4) is 0 Å². The van der Waals surface area contributed by atoms with Gasteiger partial charge in [-0.25, -0.2) is 0 Å². The van der Waals surface area contributed by atoms with Gasteiger partial charge in [-0.15, -0.1) is 0 Å². The average Bonchev–Trinajstić information content (AvgIpc) is 2.13. The highest BCUT2D eigenvalue weighted by Crippen LogP contribution is 2.25. The van der Waals surface area contributed by atoms with Crippen molar-refractivity contribution in [2.75, 3.05) is 0 Å². The Morgan fingerprint density at radius 3 is 3.17 bits per heavy atom. The third-order valence-electron chi connectivity index (χ3n) is 1.74. The first-order valence-corrected chi connectivity index (χ1v) is 3.55. The molecule has 0 spiro atoms. The molecule has 1 aliphatic rings. The first-order chi connectivity index (χ1) is 6.45. The maximum Gasteiger partial charge on any atom is 0.111 e. The molecule has 0 saturated carbocycles. The summed E-state index contributed by atoms with van der Waals surface area (Å²) in [6, 6.07) is 3.02. The summed E-state index contributed by atoms with van der Waals surface area (Å²) in [4.78, 5) is 3.92. The van der Waals surface area contributed by atoms with Crippen LogP contribution in [-0.4, -0.2) is 21.3 Å². The van der Waals surface area contributed by atoms with Crippen molar-refractivity contribution in [1.82, 2.24) is 4.98 Å². The molecule has 3 nitrogen and oxygen atoms in total. The monoisotopic (exact) mass is 165 g/mol. The quantitative estimate of drug-likeness (QED) is 0.588. The van der Waals surface area contributed by atoms with Crippen molar-refractivity contribution in [1.29, 1.82) is 0 Å². The molecule has 1 heterocycles. The molecule has 0 radical (unpaired) electrons. The second kappa shape index (κ2) is 2.69. The lowest BCUT2D eigenvalue weighted by Crippen LogP contribution is -2.19. The number of fused-ring (bicyclic) bond motifs is 1. The molecule has 0 amide bonds. The van der Waals surface area contributed by atoms with Crippen LogP contribution in [0.3, 0.4) is 0 Å². The van der Waals surface area contributed by atoms with Gasteiger partial charge in [0.05, 0.1) is 8.44 Å². The molecular formula is C9H9NO2. The molecule has 0 saturated heterocycles. The summed E-state index contributed by atoms with van der Waals surface area (Å²) >= 11 is 0. The number of nitrogens with zero attached hydrogens (tertiary/aromatic N) is 1. The van der Waals surface area contributed by atoms with E-state index in [1.54, 1.807) is 6.07 Å². The fourth-order valence-corrected chi connectivity index (χ4v) is 1.13. The molecule has 1 aromatic heterocycles. The maximum atomic E-state index is 9.69. The predicted octanol–water partition coefficient (Wildman–Crippen LogP) is 0.503. The van der Waals surface area contributed by atoms with E-state index in [4.69, 9.17) is 2.74 Å². The third kappa shape index (κ3) is 1.03. The fourth-order valence-electron chi connectivity index (χ4n) is 1.13. The van der Waals surface area contributed by atoms with Crippen LogP contribution in [0.4, 0.5) is 0 Å². The number of hydrogen-bond donors (Lipinski definition) is 2. The molecule has 2 atom stereocenters. The minimum atomic E-state index is -2.37. The van der Waals surface area contributed by atoms with Crippen LogP contribution in [0.1, 0.15) is 20.1 Å². The van der Waals surface area contributed by atoms with Crippen LogP contribution >= 0.6 is 0 Å². The van der Waals surface area contributed by atoms with E-state index in [9.17, 15) is 10.2 Å². The van der Waals surface area contributed by atoms with Gasteiger partial charge in [0.1, 0.15) is 12.2 Å². The molecule has 0 aromatic carbocycles. The van der Waals surface area contributed by atoms with Gasteiger partial charge in [0, 0.05) is 11.8 Å². The summed E-state index contributed by atoms with van der Waals surface area (Å²) in [5.74, 6) is 0. The number of aromatic nitrogens is 1. The smallest absolute Gasteiger partial charge is 0.111 e. The highest BCUT2D eigenvalue weighted by atomic mass is 16.3. The van der Waals surface area contributed by atoms with Crippen LogP contribution in [0, 0.1) is 0 Å². The lowest BCUT2D eigenvalue weighted by Gasteiger charge is -2.20. The summed E-state index contributed by atoms with van der Waals surface area (Å²) in [7, 11) is 0. The fraction of sp³-hybridized carbons (Fsp3) is 0.222. The third-order valence-corrected chi connectivity index (χ3v) is 1.74. The Morgan fingerprint density at radius 2 is 2.33 bits per heavy atom. The number of aliphatic hydroxyl groups is 2. The standard InChI is InChI=1S/C9H9NO2/c11-8-4-3-7-6(9(8)12)2-1-5-10-7/h1-5,8-9,11-12H/t8-,9+/m1/s1/i8D,9D. The van der Waals surface area contributed by atoms with E-state index < -0.39 is 12.2 Å². The molecule has 2 N–H and O–H groups in total. The van der Waals surface area contributed by atoms with E-state index in [1.165, 1.54) is 18.3 Å². The van der Waals surface area contributed by atoms with Gasteiger partial charge in [-0.05, 0) is 12.1 Å². The van der Waals surface area contributed by atoms with E-state index in [0.29, 0.717) is 5.69 Å². The van der Waals surface area contributed by atoms with E-state index >= 15 is 0 Å². The Balaban J connectivity index is 2.66. The zero-order valence-corrected chi connectivity index (χ0v) is 6.23. The van der Waals surface area contributed by atoms with Crippen LogP contribution in [0.2, 0.25) is 0 Å². The molecule has 0 bridgehead atoms. The Hall–Kier alpha value is -1.19. The van der Waals surface area contributed by atoms with Gasteiger partial charge in [0.2, 0.25) is 0 Å². The van der Waals surface area contributed by atoms with E-state index in [1.807, 2.05) is 0 Å². The molecule has 62 valence electrons. The molecule has 3 heteroatoms. The van der Waals surface area contributed by atoms with Gasteiger partial charge < -0.3 is 10.2 Å². The summed E-state index contributed by atoms with van der Waals surface area (Å²) < 4.78 is 14.9. The van der Waals surface area contributed by atoms with Crippen molar-refractivity contribution >= 4 is 6.08 Å². The van der Waals surface area contributed by atoms with Gasteiger partial charge in [-0.2, -0.15) is 0 Å². The largest absolute Gasteiger partial charge is 0.386 e.